The Bertz CT molecular complexity index is 1000. The van der Waals surface area contributed by atoms with Crippen LogP contribution >= 0.6 is 11.8 Å². The van der Waals surface area contributed by atoms with Crippen LogP contribution in [-0.4, -0.2) is 22.8 Å². The number of aryl methyl sites for hydroxylation is 1. The van der Waals surface area contributed by atoms with E-state index in [1.807, 2.05) is 75.5 Å². The molecule has 0 radical (unpaired) electrons. The van der Waals surface area contributed by atoms with Crippen molar-refractivity contribution in [2.45, 2.75) is 37.5 Å². The average molecular weight is 434 g/mol. The van der Waals surface area contributed by atoms with Crippen molar-refractivity contribution in [3.05, 3.63) is 89.7 Å². The molecule has 0 bridgehead atoms. The highest BCUT2D eigenvalue weighted by molar-refractivity contribution is 7.98. The Hall–Kier alpha value is -3.12. The zero-order valence-corrected chi connectivity index (χ0v) is 18.8. The smallest absolute Gasteiger partial charge is 0.251 e. The maximum Gasteiger partial charge on any atom is 0.251 e. The molecule has 1 aromatic heterocycles. The molecule has 0 spiro atoms. The summed E-state index contributed by atoms with van der Waals surface area (Å²) in [7, 11) is 0. The van der Waals surface area contributed by atoms with E-state index in [9.17, 15) is 9.59 Å². The van der Waals surface area contributed by atoms with Gasteiger partial charge in [-0.15, -0.1) is 11.8 Å². The Morgan fingerprint density at radius 1 is 1.00 bits per heavy atom. The van der Waals surface area contributed by atoms with Crippen LogP contribution in [0.15, 0.2) is 78.0 Å². The molecule has 0 aliphatic carbocycles. The number of carbonyl (C=O) groups is 2. The van der Waals surface area contributed by atoms with Gasteiger partial charge in [0.05, 0.1) is 0 Å². The summed E-state index contributed by atoms with van der Waals surface area (Å²) >= 11 is 1.71. The molecule has 5 nitrogen and oxygen atoms in total. The summed E-state index contributed by atoms with van der Waals surface area (Å²) in [5.41, 5.74) is 3.48. The number of hydrogen-bond acceptors (Lipinski definition) is 4. The van der Waals surface area contributed by atoms with E-state index in [1.54, 1.807) is 30.1 Å². The van der Waals surface area contributed by atoms with Gasteiger partial charge in [0, 0.05) is 34.3 Å². The lowest BCUT2D eigenvalue weighted by molar-refractivity contribution is -0.118. The molecular weight excluding hydrogens is 406 g/mol. The van der Waals surface area contributed by atoms with Crippen LogP contribution in [0.1, 0.15) is 35.3 Å². The van der Waals surface area contributed by atoms with Gasteiger partial charge in [-0.1, -0.05) is 37.6 Å². The molecule has 0 aliphatic heterocycles. The lowest BCUT2D eigenvalue weighted by Gasteiger charge is -2.22. The standard InChI is InChI=1S/C25H27N3O2S/c1-17(2)23(28-24(29)20-8-6-18(3)7-9-20)25(30)27-21-10-12-22(13-11-21)31-16-19-5-4-14-26-15-19/h4-15,17,23H,16H2,1-3H3,(H,27,30)(H,28,29)/t23-/m1/s1. The van der Waals surface area contributed by atoms with Crippen LogP contribution in [0.2, 0.25) is 0 Å². The Morgan fingerprint density at radius 2 is 1.71 bits per heavy atom. The molecular formula is C25H27N3O2S. The number of aromatic nitrogens is 1. The normalized spacial score (nSPS) is 11.7. The van der Waals surface area contributed by atoms with Crippen LogP contribution in [-0.2, 0) is 10.5 Å². The van der Waals surface area contributed by atoms with Crippen molar-refractivity contribution in [2.75, 3.05) is 5.32 Å². The molecule has 0 aliphatic rings. The van der Waals surface area contributed by atoms with E-state index < -0.39 is 6.04 Å². The van der Waals surface area contributed by atoms with Gasteiger partial charge >= 0.3 is 0 Å². The van der Waals surface area contributed by atoms with Crippen LogP contribution in [0.25, 0.3) is 0 Å². The summed E-state index contributed by atoms with van der Waals surface area (Å²) in [5, 5.41) is 5.78. The SMILES string of the molecule is Cc1ccc(C(=O)N[C@@H](C(=O)Nc2ccc(SCc3cccnc3)cc2)C(C)C)cc1. The fourth-order valence-corrected chi connectivity index (χ4v) is 3.80. The summed E-state index contributed by atoms with van der Waals surface area (Å²) in [6.07, 6.45) is 3.62. The largest absolute Gasteiger partial charge is 0.340 e. The Morgan fingerprint density at radius 3 is 2.32 bits per heavy atom. The van der Waals surface area contributed by atoms with Crippen LogP contribution in [0.4, 0.5) is 5.69 Å². The first kappa shape index (κ1) is 22.6. The second-order valence-corrected chi connectivity index (χ2v) is 8.77. The average Bonchev–Trinajstić information content (AvgIpc) is 2.77. The van der Waals surface area contributed by atoms with E-state index >= 15 is 0 Å². The number of amides is 2. The van der Waals surface area contributed by atoms with E-state index in [0.717, 1.165) is 21.8 Å². The molecule has 0 unspecified atom stereocenters. The molecule has 2 aromatic carbocycles. The van der Waals surface area contributed by atoms with Crippen LogP contribution < -0.4 is 10.6 Å². The van der Waals surface area contributed by atoms with Gasteiger partial charge in [0.2, 0.25) is 5.91 Å². The zero-order chi connectivity index (χ0) is 22.2. The quantitative estimate of drug-likeness (QED) is 0.486. The molecule has 2 amide bonds. The summed E-state index contributed by atoms with van der Waals surface area (Å²) in [4.78, 5) is 30.6. The van der Waals surface area contributed by atoms with E-state index in [4.69, 9.17) is 0 Å². The summed E-state index contributed by atoms with van der Waals surface area (Å²) in [5.74, 6) is 0.297. The van der Waals surface area contributed by atoms with Gasteiger partial charge in [0.1, 0.15) is 6.04 Å². The Kier molecular flexibility index (Phi) is 7.84. The van der Waals surface area contributed by atoms with Crippen molar-refractivity contribution in [1.82, 2.24) is 10.3 Å². The number of carbonyl (C=O) groups excluding carboxylic acids is 2. The van der Waals surface area contributed by atoms with E-state index in [0.29, 0.717) is 11.3 Å². The number of nitrogens with one attached hydrogen (secondary N) is 2. The van der Waals surface area contributed by atoms with E-state index in [2.05, 4.69) is 15.6 Å². The zero-order valence-electron chi connectivity index (χ0n) is 18.0. The van der Waals surface area contributed by atoms with Gasteiger partial charge in [-0.3, -0.25) is 14.6 Å². The molecule has 1 heterocycles. The molecule has 0 saturated carbocycles. The van der Waals surface area contributed by atoms with Gasteiger partial charge < -0.3 is 10.6 Å². The summed E-state index contributed by atoms with van der Waals surface area (Å²) in [6, 6.07) is 18.4. The highest BCUT2D eigenvalue weighted by atomic mass is 32.2. The minimum absolute atomic E-state index is 0.0521. The van der Waals surface area contributed by atoms with Gasteiger partial charge in [-0.25, -0.2) is 0 Å². The van der Waals surface area contributed by atoms with E-state index in [1.165, 1.54) is 0 Å². The number of pyridine rings is 1. The lowest BCUT2D eigenvalue weighted by atomic mass is 10.0. The van der Waals surface area contributed by atoms with Crippen molar-refractivity contribution >= 4 is 29.3 Å². The first-order chi connectivity index (χ1) is 14.9. The number of hydrogen-bond donors (Lipinski definition) is 2. The molecule has 0 saturated heterocycles. The first-order valence-corrected chi connectivity index (χ1v) is 11.2. The Balaban J connectivity index is 1.58. The number of nitrogens with zero attached hydrogens (tertiary/aromatic N) is 1. The Labute approximate surface area is 187 Å². The van der Waals surface area contributed by atoms with Gasteiger partial charge in [-0.2, -0.15) is 0 Å². The van der Waals surface area contributed by atoms with Crippen molar-refractivity contribution < 1.29 is 9.59 Å². The molecule has 3 rings (SSSR count). The monoisotopic (exact) mass is 433 g/mol. The fourth-order valence-electron chi connectivity index (χ4n) is 2.97. The molecule has 3 aromatic rings. The number of thioether (sulfide) groups is 1. The number of benzene rings is 2. The number of rotatable bonds is 8. The minimum atomic E-state index is -0.631. The van der Waals surface area contributed by atoms with Crippen molar-refractivity contribution in [3.8, 4) is 0 Å². The third-order valence-corrected chi connectivity index (χ3v) is 5.88. The summed E-state index contributed by atoms with van der Waals surface area (Å²) in [6.45, 7) is 5.80. The van der Waals surface area contributed by atoms with Crippen molar-refractivity contribution in [2.24, 2.45) is 5.92 Å². The predicted octanol–water partition coefficient (Wildman–Crippen LogP) is 5.08. The van der Waals surface area contributed by atoms with E-state index in [-0.39, 0.29) is 17.7 Å². The lowest BCUT2D eigenvalue weighted by Crippen LogP contribution is -2.47. The maximum absolute atomic E-state index is 12.8. The number of anilines is 1. The third-order valence-electron chi connectivity index (χ3n) is 4.80. The van der Waals surface area contributed by atoms with Gasteiger partial charge in [-0.05, 0) is 60.9 Å². The highest BCUT2D eigenvalue weighted by Gasteiger charge is 2.24. The summed E-state index contributed by atoms with van der Waals surface area (Å²) < 4.78 is 0. The van der Waals surface area contributed by atoms with Crippen LogP contribution in [0.3, 0.4) is 0 Å². The molecule has 31 heavy (non-hydrogen) atoms. The van der Waals surface area contributed by atoms with Crippen molar-refractivity contribution in [1.29, 1.82) is 0 Å². The third kappa shape index (κ3) is 6.69. The molecule has 1 atom stereocenters. The molecule has 6 heteroatoms. The van der Waals surface area contributed by atoms with Gasteiger partial charge in [0.25, 0.3) is 5.91 Å². The highest BCUT2D eigenvalue weighted by Crippen LogP contribution is 2.24. The molecule has 2 N–H and O–H groups in total. The van der Waals surface area contributed by atoms with Crippen LogP contribution in [0, 0.1) is 12.8 Å². The second-order valence-electron chi connectivity index (χ2n) is 7.72. The van der Waals surface area contributed by atoms with Crippen molar-refractivity contribution in [3.63, 3.8) is 0 Å². The van der Waals surface area contributed by atoms with Crippen LogP contribution in [0.5, 0.6) is 0 Å². The van der Waals surface area contributed by atoms with Gasteiger partial charge in [0.15, 0.2) is 0 Å². The molecule has 160 valence electrons. The topological polar surface area (TPSA) is 71.1 Å². The minimum Gasteiger partial charge on any atom is -0.340 e. The molecule has 0 fully saturated rings. The predicted molar refractivity (Wildman–Crippen MR) is 126 cm³/mol. The second kappa shape index (κ2) is 10.8. The fraction of sp³-hybridized carbons (Fsp3) is 0.240. The first-order valence-electron chi connectivity index (χ1n) is 10.2. The maximum atomic E-state index is 12.8.